The van der Waals surface area contributed by atoms with Gasteiger partial charge >= 0.3 is 0 Å². The molecule has 0 atom stereocenters. The number of methoxy groups -OCH3 is 1. The fourth-order valence-corrected chi connectivity index (χ4v) is 3.41. The first-order valence-corrected chi connectivity index (χ1v) is 8.86. The maximum Gasteiger partial charge on any atom is 0.227 e. The summed E-state index contributed by atoms with van der Waals surface area (Å²) in [4.78, 5) is 9.40. The van der Waals surface area contributed by atoms with Gasteiger partial charge in [0.05, 0.1) is 12.7 Å². The number of aromatic nitrogens is 2. The molecule has 0 spiro atoms. The summed E-state index contributed by atoms with van der Waals surface area (Å²) in [5.74, 6) is 2.77. The number of hydrogen-bond donors (Lipinski definition) is 0. The number of nitrogens with zero attached hydrogens (tertiary/aromatic N) is 2. The third kappa shape index (κ3) is 2.51. The summed E-state index contributed by atoms with van der Waals surface area (Å²) in [5.41, 5.74) is 3.10. The van der Waals surface area contributed by atoms with Crippen LogP contribution in [0.15, 0.2) is 53.6 Å². The molecule has 120 valence electrons. The Balaban J connectivity index is 1.85. The molecule has 0 saturated carbocycles. The maximum absolute atomic E-state index is 6.11. The van der Waals surface area contributed by atoms with Gasteiger partial charge in [0.2, 0.25) is 5.88 Å². The predicted molar refractivity (Wildman–Crippen MR) is 95.1 cm³/mol. The van der Waals surface area contributed by atoms with Gasteiger partial charge in [-0.15, -0.1) is 11.8 Å². The molecule has 2 heterocycles. The summed E-state index contributed by atoms with van der Waals surface area (Å²) in [6, 6.07) is 15.9. The first-order chi connectivity index (χ1) is 11.8. The predicted octanol–water partition coefficient (Wildman–Crippen LogP) is 4.57. The molecule has 1 aliphatic rings. The molecule has 1 aromatic heterocycles. The quantitative estimate of drug-likeness (QED) is 0.405. The normalized spacial score (nSPS) is 12.1. The van der Waals surface area contributed by atoms with Gasteiger partial charge in [0, 0.05) is 17.5 Å². The summed E-state index contributed by atoms with van der Waals surface area (Å²) < 4.78 is 11.5. The number of para-hydroxylation sites is 1. The molecule has 5 heteroatoms. The Bertz CT molecular complexity index is 897. The summed E-state index contributed by atoms with van der Waals surface area (Å²) in [6.45, 7) is 0. The van der Waals surface area contributed by atoms with Crippen LogP contribution >= 0.6 is 11.8 Å². The van der Waals surface area contributed by atoms with Crippen LogP contribution in [-0.4, -0.2) is 23.3 Å². The van der Waals surface area contributed by atoms with Gasteiger partial charge < -0.3 is 9.47 Å². The fraction of sp³-hybridized carbons (Fsp3) is 0.158. The number of fused-ring (bicyclic) bond motifs is 2. The molecule has 0 saturated heterocycles. The van der Waals surface area contributed by atoms with Crippen molar-refractivity contribution in [2.75, 3.05) is 13.4 Å². The van der Waals surface area contributed by atoms with Crippen molar-refractivity contribution < 1.29 is 9.47 Å². The summed E-state index contributed by atoms with van der Waals surface area (Å²) in [5, 5.41) is 0.951. The maximum atomic E-state index is 6.11. The SMILES string of the molecule is COc1cccc2c1Oc1nc(-c3ccccc3)nc(SC)c1C2. The molecule has 4 nitrogen and oxygen atoms in total. The van der Waals surface area contributed by atoms with Gasteiger partial charge in [-0.05, 0) is 12.3 Å². The van der Waals surface area contributed by atoms with Gasteiger partial charge in [0.25, 0.3) is 0 Å². The van der Waals surface area contributed by atoms with Crippen LogP contribution in [0.25, 0.3) is 11.4 Å². The van der Waals surface area contributed by atoms with Gasteiger partial charge in [-0.1, -0.05) is 42.5 Å². The highest BCUT2D eigenvalue weighted by Crippen LogP contribution is 2.44. The zero-order chi connectivity index (χ0) is 16.5. The van der Waals surface area contributed by atoms with E-state index in [1.54, 1.807) is 18.9 Å². The van der Waals surface area contributed by atoms with Crippen molar-refractivity contribution in [2.24, 2.45) is 0 Å². The van der Waals surface area contributed by atoms with E-state index in [2.05, 4.69) is 11.1 Å². The lowest BCUT2D eigenvalue weighted by Crippen LogP contribution is -2.09. The van der Waals surface area contributed by atoms with Crippen molar-refractivity contribution in [2.45, 2.75) is 11.4 Å². The van der Waals surface area contributed by atoms with Gasteiger partial charge in [-0.3, -0.25) is 0 Å². The molecule has 0 radical (unpaired) electrons. The lowest BCUT2D eigenvalue weighted by molar-refractivity contribution is 0.364. The molecule has 2 aromatic carbocycles. The van der Waals surface area contributed by atoms with Crippen LogP contribution in [0.3, 0.4) is 0 Å². The monoisotopic (exact) mass is 336 g/mol. The zero-order valence-electron chi connectivity index (χ0n) is 13.4. The molecule has 4 rings (SSSR count). The highest BCUT2D eigenvalue weighted by molar-refractivity contribution is 7.98. The Labute approximate surface area is 144 Å². The largest absolute Gasteiger partial charge is 0.493 e. The first-order valence-electron chi connectivity index (χ1n) is 7.64. The lowest BCUT2D eigenvalue weighted by Gasteiger charge is -2.22. The van der Waals surface area contributed by atoms with Gasteiger partial charge in [-0.25, -0.2) is 4.98 Å². The average molecular weight is 336 g/mol. The number of rotatable bonds is 3. The molecule has 24 heavy (non-hydrogen) atoms. The minimum atomic E-state index is 0.616. The van der Waals surface area contributed by atoms with Gasteiger partial charge in [0.15, 0.2) is 17.3 Å². The molecular formula is C19H16N2O2S. The number of ether oxygens (including phenoxy) is 2. The van der Waals surface area contributed by atoms with Crippen molar-refractivity contribution >= 4 is 11.8 Å². The van der Waals surface area contributed by atoms with E-state index < -0.39 is 0 Å². The van der Waals surface area contributed by atoms with Crippen molar-refractivity contribution in [1.82, 2.24) is 9.97 Å². The highest BCUT2D eigenvalue weighted by atomic mass is 32.2. The first kappa shape index (κ1) is 15.0. The van der Waals surface area contributed by atoms with E-state index in [9.17, 15) is 0 Å². The Morgan fingerprint density at radius 3 is 2.62 bits per heavy atom. The smallest absolute Gasteiger partial charge is 0.227 e. The van der Waals surface area contributed by atoms with Crippen LogP contribution < -0.4 is 9.47 Å². The topological polar surface area (TPSA) is 44.2 Å². The number of thioether (sulfide) groups is 1. The van der Waals surface area contributed by atoms with Crippen LogP contribution in [0.1, 0.15) is 11.1 Å². The summed E-state index contributed by atoms with van der Waals surface area (Å²) in [6.07, 6.45) is 2.77. The summed E-state index contributed by atoms with van der Waals surface area (Å²) >= 11 is 1.61. The molecule has 0 fully saturated rings. The van der Waals surface area contributed by atoms with E-state index in [-0.39, 0.29) is 0 Å². The molecule has 0 bridgehead atoms. The third-order valence-electron chi connectivity index (χ3n) is 4.00. The van der Waals surface area contributed by atoms with E-state index in [4.69, 9.17) is 14.5 Å². The van der Waals surface area contributed by atoms with E-state index in [0.29, 0.717) is 11.7 Å². The van der Waals surface area contributed by atoms with Gasteiger partial charge in [-0.2, -0.15) is 4.98 Å². The standard InChI is InChI=1S/C19H16N2O2S/c1-22-15-10-6-9-13-11-14-18(23-16(13)15)20-17(21-19(14)24-2)12-7-4-3-5-8-12/h3-10H,11H2,1-2H3. The molecule has 1 aliphatic heterocycles. The van der Waals surface area contributed by atoms with Crippen molar-refractivity contribution in [1.29, 1.82) is 0 Å². The second-order valence-corrected chi connectivity index (χ2v) is 6.23. The van der Waals surface area contributed by atoms with E-state index in [1.807, 2.05) is 48.7 Å². The van der Waals surface area contributed by atoms with Crippen molar-refractivity contribution in [3.63, 3.8) is 0 Å². The second kappa shape index (κ2) is 6.17. The van der Waals surface area contributed by atoms with Crippen molar-refractivity contribution in [3.05, 3.63) is 59.7 Å². The van der Waals surface area contributed by atoms with Gasteiger partial charge in [0.1, 0.15) is 5.03 Å². The Kier molecular flexibility index (Phi) is 3.86. The zero-order valence-corrected chi connectivity index (χ0v) is 14.3. The third-order valence-corrected chi connectivity index (χ3v) is 4.73. The minimum absolute atomic E-state index is 0.616. The van der Waals surface area contributed by atoms with E-state index >= 15 is 0 Å². The minimum Gasteiger partial charge on any atom is -0.493 e. The molecule has 0 amide bonds. The lowest BCUT2D eigenvalue weighted by atomic mass is 10.0. The Hall–Kier alpha value is -2.53. The van der Waals surface area contributed by atoms with Crippen LogP contribution in [0.4, 0.5) is 0 Å². The van der Waals surface area contributed by atoms with Crippen LogP contribution in [-0.2, 0) is 6.42 Å². The number of hydrogen-bond acceptors (Lipinski definition) is 5. The van der Waals surface area contributed by atoms with E-state index in [1.165, 1.54) is 0 Å². The molecular weight excluding hydrogens is 320 g/mol. The van der Waals surface area contributed by atoms with Crippen LogP contribution in [0.5, 0.6) is 17.4 Å². The molecule has 0 aliphatic carbocycles. The van der Waals surface area contributed by atoms with Crippen LogP contribution in [0, 0.1) is 0 Å². The van der Waals surface area contributed by atoms with Crippen LogP contribution in [0.2, 0.25) is 0 Å². The Morgan fingerprint density at radius 2 is 1.88 bits per heavy atom. The molecule has 0 unspecified atom stereocenters. The fourth-order valence-electron chi connectivity index (χ4n) is 2.83. The van der Waals surface area contributed by atoms with Crippen molar-refractivity contribution in [3.8, 4) is 28.8 Å². The highest BCUT2D eigenvalue weighted by Gasteiger charge is 2.25. The molecule has 0 N–H and O–H groups in total. The molecule has 3 aromatic rings. The second-order valence-electron chi connectivity index (χ2n) is 5.43. The van der Waals surface area contributed by atoms with E-state index in [0.717, 1.165) is 39.6 Å². The number of benzene rings is 2. The average Bonchev–Trinajstić information content (AvgIpc) is 2.65. The Morgan fingerprint density at radius 1 is 1.04 bits per heavy atom. The summed E-state index contributed by atoms with van der Waals surface area (Å²) in [7, 11) is 1.65.